The lowest BCUT2D eigenvalue weighted by molar-refractivity contribution is -0.229. The van der Waals surface area contributed by atoms with Gasteiger partial charge in [0.25, 0.3) is 0 Å². The van der Waals surface area contributed by atoms with Gasteiger partial charge in [-0.3, -0.25) is 0 Å². The summed E-state index contributed by atoms with van der Waals surface area (Å²) >= 11 is 0. The normalized spacial score (nSPS) is 56.5. The predicted octanol–water partition coefficient (Wildman–Crippen LogP) is -0.755. The van der Waals surface area contributed by atoms with Gasteiger partial charge in [-0.2, -0.15) is 0 Å². The van der Waals surface area contributed by atoms with Gasteiger partial charge < -0.3 is 19.7 Å². The van der Waals surface area contributed by atoms with Crippen molar-refractivity contribution >= 4 is 0 Å². The van der Waals surface area contributed by atoms with Gasteiger partial charge in [0.1, 0.15) is 11.7 Å². The standard InChI is InChI=1S/C7H12O4/c1-6-7(9,2-3-10-6)5(8)4-11-6/h5,8-9H,2-4H2,1H3/t5-,6+,7+/m0/s1. The molecule has 0 aromatic rings. The Morgan fingerprint density at radius 3 is 2.82 bits per heavy atom. The van der Waals surface area contributed by atoms with Gasteiger partial charge >= 0.3 is 0 Å². The fraction of sp³-hybridized carbons (Fsp3) is 1.00. The van der Waals surface area contributed by atoms with E-state index in [1.54, 1.807) is 6.92 Å². The monoisotopic (exact) mass is 160 g/mol. The Kier molecular flexibility index (Phi) is 1.33. The van der Waals surface area contributed by atoms with E-state index in [4.69, 9.17) is 9.47 Å². The Bertz CT molecular complexity index is 183. The second-order valence-corrected chi connectivity index (χ2v) is 3.30. The summed E-state index contributed by atoms with van der Waals surface area (Å²) in [4.78, 5) is 0. The lowest BCUT2D eigenvalue weighted by Crippen LogP contribution is -2.50. The zero-order valence-electron chi connectivity index (χ0n) is 6.41. The maximum atomic E-state index is 9.86. The van der Waals surface area contributed by atoms with Crippen LogP contribution in [0.15, 0.2) is 0 Å². The highest BCUT2D eigenvalue weighted by atomic mass is 16.7. The van der Waals surface area contributed by atoms with Gasteiger partial charge in [-0.05, 0) is 6.92 Å². The van der Waals surface area contributed by atoms with Crippen molar-refractivity contribution in [3.8, 4) is 0 Å². The lowest BCUT2D eigenvalue weighted by atomic mass is 9.90. The van der Waals surface area contributed by atoms with Gasteiger partial charge in [-0.15, -0.1) is 0 Å². The van der Waals surface area contributed by atoms with E-state index in [1.807, 2.05) is 0 Å². The Balaban J connectivity index is 2.33. The number of hydrogen-bond donors (Lipinski definition) is 2. The summed E-state index contributed by atoms with van der Waals surface area (Å²) in [6.07, 6.45) is -0.361. The lowest BCUT2D eigenvalue weighted by Gasteiger charge is -2.30. The first kappa shape index (κ1) is 7.49. The van der Waals surface area contributed by atoms with E-state index in [0.717, 1.165) is 0 Å². The van der Waals surface area contributed by atoms with Crippen molar-refractivity contribution in [2.24, 2.45) is 0 Å². The van der Waals surface area contributed by atoms with E-state index < -0.39 is 17.5 Å². The van der Waals surface area contributed by atoms with Gasteiger partial charge in [0.15, 0.2) is 5.79 Å². The SMILES string of the molecule is C[C@]12OCC[C@@]1(O)[C@@H](O)CO2. The predicted molar refractivity (Wildman–Crippen MR) is 35.9 cm³/mol. The zero-order chi connectivity index (χ0) is 8.11. The summed E-state index contributed by atoms with van der Waals surface area (Å²) < 4.78 is 10.4. The quantitative estimate of drug-likeness (QED) is 0.489. The van der Waals surface area contributed by atoms with Crippen LogP contribution < -0.4 is 0 Å². The smallest absolute Gasteiger partial charge is 0.197 e. The van der Waals surface area contributed by atoms with Crippen molar-refractivity contribution in [1.82, 2.24) is 0 Å². The molecule has 11 heavy (non-hydrogen) atoms. The van der Waals surface area contributed by atoms with Gasteiger partial charge in [-0.1, -0.05) is 0 Å². The molecule has 0 unspecified atom stereocenters. The molecule has 0 amide bonds. The van der Waals surface area contributed by atoms with Crippen molar-refractivity contribution in [1.29, 1.82) is 0 Å². The van der Waals surface area contributed by atoms with Crippen LogP contribution in [0.2, 0.25) is 0 Å². The first-order valence-corrected chi connectivity index (χ1v) is 3.77. The van der Waals surface area contributed by atoms with Crippen molar-refractivity contribution in [3.05, 3.63) is 0 Å². The maximum absolute atomic E-state index is 9.86. The van der Waals surface area contributed by atoms with E-state index in [-0.39, 0.29) is 6.61 Å². The number of ether oxygens (including phenoxy) is 2. The molecule has 2 rings (SSSR count). The molecule has 4 heteroatoms. The summed E-state index contributed by atoms with van der Waals surface area (Å²) in [5, 5.41) is 19.2. The highest BCUT2D eigenvalue weighted by Gasteiger charge is 2.62. The summed E-state index contributed by atoms with van der Waals surface area (Å²) in [6.45, 7) is 2.27. The van der Waals surface area contributed by atoms with Crippen LogP contribution in [0.5, 0.6) is 0 Å². The molecule has 2 aliphatic heterocycles. The average Bonchev–Trinajstić information content (AvgIpc) is 2.34. The number of hydrogen-bond acceptors (Lipinski definition) is 4. The molecule has 0 aromatic heterocycles. The molecule has 2 saturated heterocycles. The highest BCUT2D eigenvalue weighted by Crippen LogP contribution is 2.44. The van der Waals surface area contributed by atoms with Gasteiger partial charge in [0.05, 0.1) is 13.2 Å². The van der Waals surface area contributed by atoms with Crippen LogP contribution in [0.3, 0.4) is 0 Å². The molecule has 0 spiro atoms. The second kappa shape index (κ2) is 1.95. The molecule has 3 atom stereocenters. The minimum absolute atomic E-state index is 0.160. The van der Waals surface area contributed by atoms with E-state index in [2.05, 4.69) is 0 Å². The number of fused-ring (bicyclic) bond motifs is 1. The van der Waals surface area contributed by atoms with Crippen molar-refractivity contribution in [2.45, 2.75) is 30.8 Å². The Labute approximate surface area is 64.7 Å². The third-order valence-electron chi connectivity index (χ3n) is 2.71. The molecule has 2 aliphatic rings. The molecular formula is C7H12O4. The van der Waals surface area contributed by atoms with Crippen LogP contribution >= 0.6 is 0 Å². The summed E-state index contributed by atoms with van der Waals surface area (Å²) in [5.74, 6) is -0.980. The van der Waals surface area contributed by atoms with Crippen LogP contribution in [-0.4, -0.2) is 40.9 Å². The van der Waals surface area contributed by atoms with Crippen LogP contribution in [0.4, 0.5) is 0 Å². The van der Waals surface area contributed by atoms with E-state index in [1.165, 1.54) is 0 Å². The molecule has 4 nitrogen and oxygen atoms in total. The number of aliphatic hydroxyl groups excluding tert-OH is 1. The molecule has 0 aromatic carbocycles. The van der Waals surface area contributed by atoms with E-state index >= 15 is 0 Å². The second-order valence-electron chi connectivity index (χ2n) is 3.30. The van der Waals surface area contributed by atoms with Gasteiger partial charge in [-0.25, -0.2) is 0 Å². The van der Waals surface area contributed by atoms with Crippen molar-refractivity contribution in [2.75, 3.05) is 13.2 Å². The van der Waals surface area contributed by atoms with Crippen LogP contribution in [0.25, 0.3) is 0 Å². The first-order chi connectivity index (χ1) is 5.08. The summed E-state index contributed by atoms with van der Waals surface area (Å²) in [5.41, 5.74) is -1.19. The van der Waals surface area contributed by atoms with E-state index in [0.29, 0.717) is 13.0 Å². The Morgan fingerprint density at radius 1 is 1.45 bits per heavy atom. The molecule has 0 aliphatic carbocycles. The van der Waals surface area contributed by atoms with Crippen LogP contribution in [0.1, 0.15) is 13.3 Å². The largest absolute Gasteiger partial charge is 0.387 e. The molecule has 0 radical (unpaired) electrons. The Morgan fingerprint density at radius 2 is 2.18 bits per heavy atom. The topological polar surface area (TPSA) is 58.9 Å². The third kappa shape index (κ3) is 0.727. The van der Waals surface area contributed by atoms with E-state index in [9.17, 15) is 10.2 Å². The van der Waals surface area contributed by atoms with Crippen molar-refractivity contribution < 1.29 is 19.7 Å². The highest BCUT2D eigenvalue weighted by molar-refractivity contribution is 5.05. The maximum Gasteiger partial charge on any atom is 0.197 e. The molecular weight excluding hydrogens is 148 g/mol. The first-order valence-electron chi connectivity index (χ1n) is 3.77. The molecule has 0 saturated carbocycles. The third-order valence-corrected chi connectivity index (χ3v) is 2.71. The van der Waals surface area contributed by atoms with Crippen molar-refractivity contribution in [3.63, 3.8) is 0 Å². The fourth-order valence-corrected chi connectivity index (χ4v) is 1.77. The van der Waals surface area contributed by atoms with Gasteiger partial charge in [0.2, 0.25) is 0 Å². The Hall–Kier alpha value is -0.160. The summed E-state index contributed by atoms with van der Waals surface area (Å²) in [6, 6.07) is 0. The fourth-order valence-electron chi connectivity index (χ4n) is 1.77. The molecule has 2 N–H and O–H groups in total. The number of aliphatic hydroxyl groups is 2. The molecule has 64 valence electrons. The van der Waals surface area contributed by atoms with Crippen LogP contribution in [-0.2, 0) is 9.47 Å². The average molecular weight is 160 g/mol. The van der Waals surface area contributed by atoms with Crippen LogP contribution in [0, 0.1) is 0 Å². The molecule has 0 bridgehead atoms. The zero-order valence-corrected chi connectivity index (χ0v) is 6.41. The minimum atomic E-state index is -1.19. The summed E-state index contributed by atoms with van der Waals surface area (Å²) in [7, 11) is 0. The number of rotatable bonds is 0. The minimum Gasteiger partial charge on any atom is -0.387 e. The van der Waals surface area contributed by atoms with Gasteiger partial charge in [0, 0.05) is 6.42 Å². The molecule has 2 fully saturated rings. The molecule has 2 heterocycles.